The standard InChI is InChI=1S/C22H40O4.C11H21Br.C11H20O4/c1-8-9-10-11-12-13-14-15-16-17-18(19(23)25-21(2,3)4)20(24)26-22(5,6)7;1-2-3-4-5-6-7-8-9-10-11-12;1-10(2,3)14-8(12)7-9(13)15-11(4,5)6/h8,18H,1,9-17H2,2-7H3;2H,1,3-11H2;7H2,1-6H3. The molecule has 0 spiro atoms. The monoisotopic (exact) mass is 817 g/mol. The van der Waals surface area contributed by atoms with Crippen LogP contribution in [0.15, 0.2) is 25.3 Å². The minimum atomic E-state index is -0.832. The summed E-state index contributed by atoms with van der Waals surface area (Å²) in [6, 6.07) is 0. The van der Waals surface area contributed by atoms with Crippen molar-refractivity contribution < 1.29 is 38.1 Å². The molecule has 53 heavy (non-hydrogen) atoms. The molecule has 8 nitrogen and oxygen atoms in total. The molecule has 0 rings (SSSR count). The van der Waals surface area contributed by atoms with Gasteiger partial charge in [-0.25, -0.2) is 0 Å². The first-order chi connectivity index (χ1) is 24.4. The van der Waals surface area contributed by atoms with Crippen LogP contribution in [0.4, 0.5) is 0 Å². The number of esters is 4. The van der Waals surface area contributed by atoms with Crippen LogP contribution in [0.1, 0.15) is 199 Å². The molecule has 312 valence electrons. The van der Waals surface area contributed by atoms with Crippen LogP contribution < -0.4 is 0 Å². The molecular weight excluding hydrogens is 736 g/mol. The third-order valence-corrected chi connectivity index (χ3v) is 7.51. The van der Waals surface area contributed by atoms with Gasteiger partial charge in [0, 0.05) is 5.33 Å². The summed E-state index contributed by atoms with van der Waals surface area (Å²) in [6.45, 7) is 28.8. The molecule has 0 aromatic rings. The second-order valence-electron chi connectivity index (χ2n) is 17.6. The molecule has 0 radical (unpaired) electrons. The highest BCUT2D eigenvalue weighted by Crippen LogP contribution is 2.22. The molecule has 0 fully saturated rings. The van der Waals surface area contributed by atoms with Crippen molar-refractivity contribution in [2.75, 3.05) is 5.33 Å². The molecule has 0 heterocycles. The zero-order valence-electron chi connectivity index (χ0n) is 36.2. The van der Waals surface area contributed by atoms with Gasteiger partial charge in [-0.3, -0.25) is 19.2 Å². The van der Waals surface area contributed by atoms with Gasteiger partial charge in [0.2, 0.25) is 0 Å². The average molecular weight is 818 g/mol. The zero-order valence-corrected chi connectivity index (χ0v) is 37.8. The molecule has 0 atom stereocenters. The molecule has 0 bridgehead atoms. The van der Waals surface area contributed by atoms with Gasteiger partial charge >= 0.3 is 23.9 Å². The summed E-state index contributed by atoms with van der Waals surface area (Å²) in [5.74, 6) is -2.90. The molecule has 0 unspecified atom stereocenters. The summed E-state index contributed by atoms with van der Waals surface area (Å²) in [4.78, 5) is 47.3. The molecule has 0 amide bonds. The van der Waals surface area contributed by atoms with Gasteiger partial charge in [0.25, 0.3) is 0 Å². The highest BCUT2D eigenvalue weighted by molar-refractivity contribution is 9.09. The maximum Gasteiger partial charge on any atom is 0.320 e. The summed E-state index contributed by atoms with van der Waals surface area (Å²) in [5, 5.41) is 1.17. The fraction of sp³-hybridized carbons (Fsp3) is 0.818. The molecular formula is C44H81BrO8. The van der Waals surface area contributed by atoms with Crippen molar-refractivity contribution in [3.05, 3.63) is 25.3 Å². The van der Waals surface area contributed by atoms with Crippen molar-refractivity contribution in [1.82, 2.24) is 0 Å². The van der Waals surface area contributed by atoms with Gasteiger partial charge < -0.3 is 18.9 Å². The number of halogens is 1. The van der Waals surface area contributed by atoms with E-state index < -0.39 is 52.2 Å². The van der Waals surface area contributed by atoms with Crippen molar-refractivity contribution in [1.29, 1.82) is 0 Å². The van der Waals surface area contributed by atoms with E-state index in [9.17, 15) is 19.2 Å². The van der Waals surface area contributed by atoms with Crippen LogP contribution in [0.25, 0.3) is 0 Å². The van der Waals surface area contributed by atoms with E-state index in [4.69, 9.17) is 18.9 Å². The maximum atomic E-state index is 12.4. The largest absolute Gasteiger partial charge is 0.460 e. The van der Waals surface area contributed by atoms with Crippen LogP contribution in [-0.4, -0.2) is 51.6 Å². The SMILES string of the molecule is C=CCCCCCCCCCBr.C=CCCCCCCCCCC(C(=O)OC(C)(C)C)C(=O)OC(C)(C)C.CC(C)(C)OC(=O)CC(=O)OC(C)(C)C. The number of ether oxygens (including phenoxy) is 4. The Morgan fingerprint density at radius 1 is 0.472 bits per heavy atom. The highest BCUT2D eigenvalue weighted by Gasteiger charge is 2.34. The van der Waals surface area contributed by atoms with Gasteiger partial charge in [0.1, 0.15) is 28.8 Å². The Hall–Kier alpha value is -2.16. The summed E-state index contributed by atoms with van der Waals surface area (Å²) in [5.41, 5.74) is -2.36. The quantitative estimate of drug-likeness (QED) is 0.0251. The van der Waals surface area contributed by atoms with Gasteiger partial charge in [-0.05, 0) is 122 Å². The minimum Gasteiger partial charge on any atom is -0.460 e. The van der Waals surface area contributed by atoms with Crippen LogP contribution in [0, 0.1) is 5.92 Å². The lowest BCUT2D eigenvalue weighted by molar-refractivity contribution is -0.175. The summed E-state index contributed by atoms with van der Waals surface area (Å²) < 4.78 is 20.8. The Morgan fingerprint density at radius 2 is 0.755 bits per heavy atom. The first-order valence-corrected chi connectivity index (χ1v) is 21.2. The van der Waals surface area contributed by atoms with Crippen LogP contribution in [0.3, 0.4) is 0 Å². The summed E-state index contributed by atoms with van der Waals surface area (Å²) in [6.07, 6.45) is 24.0. The van der Waals surface area contributed by atoms with Gasteiger partial charge in [0.15, 0.2) is 5.92 Å². The number of hydrogen-bond donors (Lipinski definition) is 0. The van der Waals surface area contributed by atoms with E-state index in [1.165, 1.54) is 82.4 Å². The molecule has 0 aliphatic carbocycles. The molecule has 0 aliphatic heterocycles. The number of carbonyl (C=O) groups excluding carboxylic acids is 4. The molecule has 0 aromatic heterocycles. The number of hydrogen-bond acceptors (Lipinski definition) is 8. The normalized spacial score (nSPS) is 11.7. The first kappa shape index (κ1) is 55.2. The summed E-state index contributed by atoms with van der Waals surface area (Å²) in [7, 11) is 0. The van der Waals surface area contributed by atoms with Crippen molar-refractivity contribution in [2.45, 2.75) is 221 Å². The Balaban J connectivity index is -0.000000781. The van der Waals surface area contributed by atoms with Gasteiger partial charge in [-0.15, -0.1) is 13.2 Å². The van der Waals surface area contributed by atoms with E-state index >= 15 is 0 Å². The van der Waals surface area contributed by atoms with Crippen molar-refractivity contribution in [3.8, 4) is 0 Å². The predicted molar refractivity (Wildman–Crippen MR) is 224 cm³/mol. The second-order valence-corrected chi connectivity index (χ2v) is 18.3. The fourth-order valence-corrected chi connectivity index (χ4v) is 5.14. The van der Waals surface area contributed by atoms with Gasteiger partial charge in [-0.1, -0.05) is 98.7 Å². The molecule has 0 aliphatic rings. The number of rotatable bonds is 23. The van der Waals surface area contributed by atoms with E-state index in [0.29, 0.717) is 6.42 Å². The third kappa shape index (κ3) is 45.9. The molecule has 0 aromatic carbocycles. The zero-order chi connectivity index (χ0) is 41.6. The van der Waals surface area contributed by atoms with E-state index in [0.717, 1.165) is 25.7 Å². The average Bonchev–Trinajstić information content (AvgIpc) is 2.96. The second kappa shape index (κ2) is 31.1. The van der Waals surface area contributed by atoms with Gasteiger partial charge in [-0.2, -0.15) is 0 Å². The van der Waals surface area contributed by atoms with Crippen LogP contribution in [-0.2, 0) is 38.1 Å². The first-order valence-electron chi connectivity index (χ1n) is 20.0. The molecule has 0 N–H and O–H groups in total. The lowest BCUT2D eigenvalue weighted by Gasteiger charge is -2.26. The van der Waals surface area contributed by atoms with E-state index in [-0.39, 0.29) is 6.42 Å². The predicted octanol–water partition coefficient (Wildman–Crippen LogP) is 12.7. The number of allylic oxidation sites excluding steroid dienone is 2. The van der Waals surface area contributed by atoms with E-state index in [1.807, 2.05) is 53.7 Å². The number of alkyl halides is 1. The molecule has 9 heteroatoms. The lowest BCUT2D eigenvalue weighted by Crippen LogP contribution is -2.36. The summed E-state index contributed by atoms with van der Waals surface area (Å²) >= 11 is 3.44. The van der Waals surface area contributed by atoms with Crippen molar-refractivity contribution in [3.63, 3.8) is 0 Å². The molecule has 0 saturated carbocycles. The Labute approximate surface area is 334 Å². The van der Waals surface area contributed by atoms with E-state index in [1.54, 1.807) is 41.5 Å². The van der Waals surface area contributed by atoms with Crippen molar-refractivity contribution in [2.24, 2.45) is 5.92 Å². The number of unbranched alkanes of at least 4 members (excludes halogenated alkanes) is 14. The van der Waals surface area contributed by atoms with E-state index in [2.05, 4.69) is 29.1 Å². The topological polar surface area (TPSA) is 105 Å². The minimum absolute atomic E-state index is 0.339. The Morgan fingerprint density at radius 3 is 1.04 bits per heavy atom. The maximum absolute atomic E-state index is 12.4. The van der Waals surface area contributed by atoms with Crippen LogP contribution in [0.2, 0.25) is 0 Å². The smallest absolute Gasteiger partial charge is 0.320 e. The highest BCUT2D eigenvalue weighted by atomic mass is 79.9. The lowest BCUT2D eigenvalue weighted by atomic mass is 9.99. The Bertz CT molecular complexity index is 939. The number of carbonyl (C=O) groups is 4. The third-order valence-electron chi connectivity index (χ3n) is 6.95. The van der Waals surface area contributed by atoms with Crippen molar-refractivity contribution >= 4 is 39.8 Å². The van der Waals surface area contributed by atoms with Gasteiger partial charge in [0.05, 0.1) is 0 Å². The Kier molecular flexibility index (Phi) is 32.4. The van der Waals surface area contributed by atoms with Crippen LogP contribution in [0.5, 0.6) is 0 Å². The fourth-order valence-electron chi connectivity index (χ4n) is 4.74. The van der Waals surface area contributed by atoms with Crippen LogP contribution >= 0.6 is 15.9 Å². The molecule has 0 saturated heterocycles.